The van der Waals surface area contributed by atoms with Crippen LogP contribution in [0.3, 0.4) is 0 Å². The van der Waals surface area contributed by atoms with Gasteiger partial charge in [-0.05, 0) is 32.6 Å². The highest BCUT2D eigenvalue weighted by Crippen LogP contribution is 2.27. The topological polar surface area (TPSA) is 84.9 Å². The Balaban J connectivity index is 1.81. The first kappa shape index (κ1) is 19.1. The van der Waals surface area contributed by atoms with Crippen LogP contribution in [-0.4, -0.2) is 45.3 Å². The average molecular weight is 386 g/mol. The third kappa shape index (κ3) is 4.56. The van der Waals surface area contributed by atoms with Gasteiger partial charge in [0.05, 0.1) is 17.9 Å². The first-order valence-electron chi connectivity index (χ1n) is 8.80. The lowest BCUT2D eigenvalue weighted by atomic mass is 10.1. The van der Waals surface area contributed by atoms with Crippen molar-refractivity contribution < 1.29 is 0 Å². The van der Waals surface area contributed by atoms with Crippen LogP contribution in [0.2, 0.25) is 5.02 Å². The number of likely N-dealkylation sites (N-methyl/N-ethyl adjacent to an activating group) is 1. The lowest BCUT2D eigenvalue weighted by Crippen LogP contribution is -2.27. The van der Waals surface area contributed by atoms with Gasteiger partial charge in [-0.1, -0.05) is 29.8 Å². The van der Waals surface area contributed by atoms with Gasteiger partial charge in [-0.2, -0.15) is 10.1 Å². The standard InChI is InChI=1S/C19H24ClN7/c1-4-27-12-13(10-23-27)16-9-18(25-19(21)24-16)22-11-17(26(2)3)14-7-5-6-8-15(14)20/h5-10,12,17H,4,11H2,1-3H3,(H3,21,22,24,25). The van der Waals surface area contributed by atoms with Crippen molar-refractivity contribution in [3.05, 3.63) is 53.3 Å². The molecule has 0 fully saturated rings. The summed E-state index contributed by atoms with van der Waals surface area (Å²) in [4.78, 5) is 10.8. The normalized spacial score (nSPS) is 12.3. The minimum Gasteiger partial charge on any atom is -0.368 e. The molecule has 8 heteroatoms. The number of anilines is 2. The molecule has 2 aromatic heterocycles. The van der Waals surface area contributed by atoms with Crippen LogP contribution < -0.4 is 11.1 Å². The fourth-order valence-corrected chi connectivity index (χ4v) is 3.15. The van der Waals surface area contributed by atoms with E-state index in [1.165, 1.54) is 0 Å². The second-order valence-electron chi connectivity index (χ2n) is 6.46. The molecule has 3 aromatic rings. The highest BCUT2D eigenvalue weighted by molar-refractivity contribution is 6.31. The second kappa shape index (κ2) is 8.37. The fourth-order valence-electron chi connectivity index (χ4n) is 2.89. The van der Waals surface area contributed by atoms with Crippen LogP contribution in [0.15, 0.2) is 42.7 Å². The number of benzene rings is 1. The highest BCUT2D eigenvalue weighted by Gasteiger charge is 2.17. The highest BCUT2D eigenvalue weighted by atomic mass is 35.5. The van der Waals surface area contributed by atoms with Crippen LogP contribution in [0.4, 0.5) is 11.8 Å². The number of rotatable bonds is 7. The summed E-state index contributed by atoms with van der Waals surface area (Å²) in [5.74, 6) is 0.888. The number of nitrogens with one attached hydrogen (secondary N) is 1. The molecule has 0 aliphatic heterocycles. The van der Waals surface area contributed by atoms with E-state index < -0.39 is 0 Å². The molecular formula is C19H24ClN7. The Labute approximate surface area is 164 Å². The minimum absolute atomic E-state index is 0.0844. The molecule has 2 heterocycles. The quantitative estimate of drug-likeness (QED) is 0.649. The van der Waals surface area contributed by atoms with E-state index in [2.05, 4.69) is 25.3 Å². The van der Waals surface area contributed by atoms with E-state index in [0.717, 1.165) is 28.4 Å². The molecule has 3 N–H and O–H groups in total. The van der Waals surface area contributed by atoms with Gasteiger partial charge in [-0.25, -0.2) is 4.98 Å². The smallest absolute Gasteiger partial charge is 0.222 e. The maximum atomic E-state index is 6.38. The lowest BCUT2D eigenvalue weighted by Gasteiger charge is -2.26. The number of nitrogens with two attached hydrogens (primary N) is 1. The summed E-state index contributed by atoms with van der Waals surface area (Å²) in [7, 11) is 4.04. The summed E-state index contributed by atoms with van der Waals surface area (Å²) in [5.41, 5.74) is 8.62. The molecule has 3 rings (SSSR count). The van der Waals surface area contributed by atoms with E-state index in [9.17, 15) is 0 Å². The molecular weight excluding hydrogens is 362 g/mol. The third-order valence-electron chi connectivity index (χ3n) is 4.36. The van der Waals surface area contributed by atoms with Gasteiger partial charge in [-0.3, -0.25) is 4.68 Å². The van der Waals surface area contributed by atoms with Crippen LogP contribution in [0.1, 0.15) is 18.5 Å². The number of aryl methyl sites for hydroxylation is 1. The SMILES string of the molecule is CCn1cc(-c2cc(NCC(c3ccccc3Cl)N(C)C)nc(N)n2)cn1. The number of aromatic nitrogens is 4. The summed E-state index contributed by atoms with van der Waals surface area (Å²) < 4.78 is 1.85. The number of hydrogen-bond acceptors (Lipinski definition) is 6. The molecule has 1 aromatic carbocycles. The number of nitrogens with zero attached hydrogens (tertiary/aromatic N) is 5. The molecule has 0 amide bonds. The molecule has 0 aliphatic carbocycles. The van der Waals surface area contributed by atoms with Gasteiger partial charge in [0.1, 0.15) is 5.82 Å². The molecule has 142 valence electrons. The Morgan fingerprint density at radius 1 is 1.26 bits per heavy atom. The molecule has 1 atom stereocenters. The van der Waals surface area contributed by atoms with E-state index in [-0.39, 0.29) is 12.0 Å². The number of hydrogen-bond donors (Lipinski definition) is 2. The summed E-state index contributed by atoms with van der Waals surface area (Å²) in [6.45, 7) is 3.46. The van der Waals surface area contributed by atoms with Crippen molar-refractivity contribution in [3.63, 3.8) is 0 Å². The van der Waals surface area contributed by atoms with Crippen molar-refractivity contribution in [1.82, 2.24) is 24.6 Å². The maximum absolute atomic E-state index is 6.38. The van der Waals surface area contributed by atoms with Crippen molar-refractivity contribution in [2.45, 2.75) is 19.5 Å². The van der Waals surface area contributed by atoms with Crippen molar-refractivity contribution in [3.8, 4) is 11.3 Å². The largest absolute Gasteiger partial charge is 0.368 e. The van der Waals surface area contributed by atoms with E-state index in [1.807, 2.05) is 62.2 Å². The van der Waals surface area contributed by atoms with Crippen molar-refractivity contribution >= 4 is 23.4 Å². The zero-order valence-electron chi connectivity index (χ0n) is 15.7. The van der Waals surface area contributed by atoms with Crippen LogP contribution in [-0.2, 0) is 6.54 Å². The van der Waals surface area contributed by atoms with Gasteiger partial charge in [0, 0.05) is 35.9 Å². The summed E-state index contributed by atoms with van der Waals surface area (Å²) in [5, 5.41) is 8.40. The first-order valence-corrected chi connectivity index (χ1v) is 9.17. The monoisotopic (exact) mass is 385 g/mol. The van der Waals surface area contributed by atoms with Gasteiger partial charge in [-0.15, -0.1) is 0 Å². The molecule has 0 saturated heterocycles. The molecule has 0 aliphatic rings. The van der Waals surface area contributed by atoms with Gasteiger partial charge in [0.2, 0.25) is 5.95 Å². The Hall–Kier alpha value is -2.64. The van der Waals surface area contributed by atoms with Crippen LogP contribution >= 0.6 is 11.6 Å². The van der Waals surface area contributed by atoms with Gasteiger partial charge in [0.15, 0.2) is 0 Å². The molecule has 7 nitrogen and oxygen atoms in total. The molecule has 0 saturated carbocycles. The first-order chi connectivity index (χ1) is 13.0. The van der Waals surface area contributed by atoms with E-state index in [4.69, 9.17) is 17.3 Å². The predicted molar refractivity (Wildman–Crippen MR) is 110 cm³/mol. The van der Waals surface area contributed by atoms with E-state index in [1.54, 1.807) is 6.20 Å². The van der Waals surface area contributed by atoms with Gasteiger partial charge in [0.25, 0.3) is 0 Å². The van der Waals surface area contributed by atoms with Crippen LogP contribution in [0.25, 0.3) is 11.3 Å². The van der Waals surface area contributed by atoms with E-state index >= 15 is 0 Å². The Morgan fingerprint density at radius 2 is 2.04 bits per heavy atom. The van der Waals surface area contributed by atoms with Crippen molar-refractivity contribution in [1.29, 1.82) is 0 Å². The fraction of sp³-hybridized carbons (Fsp3) is 0.316. The minimum atomic E-state index is 0.0844. The predicted octanol–water partition coefficient (Wildman–Crippen LogP) is 3.31. The van der Waals surface area contributed by atoms with Gasteiger partial charge >= 0.3 is 0 Å². The Kier molecular flexibility index (Phi) is 5.93. The van der Waals surface area contributed by atoms with Gasteiger partial charge < -0.3 is 16.0 Å². The zero-order chi connectivity index (χ0) is 19.4. The van der Waals surface area contributed by atoms with Crippen LogP contribution in [0, 0.1) is 0 Å². The van der Waals surface area contributed by atoms with Crippen molar-refractivity contribution in [2.24, 2.45) is 0 Å². The van der Waals surface area contributed by atoms with Crippen LogP contribution in [0.5, 0.6) is 0 Å². The molecule has 0 spiro atoms. The molecule has 1 unspecified atom stereocenters. The summed E-state index contributed by atoms with van der Waals surface area (Å²) >= 11 is 6.38. The lowest BCUT2D eigenvalue weighted by molar-refractivity contribution is 0.312. The number of nitrogen functional groups attached to an aromatic ring is 1. The van der Waals surface area contributed by atoms with E-state index in [0.29, 0.717) is 12.4 Å². The Bertz CT molecular complexity index is 907. The summed E-state index contributed by atoms with van der Waals surface area (Å²) in [6.07, 6.45) is 3.72. The average Bonchev–Trinajstić information content (AvgIpc) is 3.12. The number of halogens is 1. The second-order valence-corrected chi connectivity index (χ2v) is 6.87. The third-order valence-corrected chi connectivity index (χ3v) is 4.70. The molecule has 0 radical (unpaired) electrons. The van der Waals surface area contributed by atoms with Crippen molar-refractivity contribution in [2.75, 3.05) is 31.7 Å². The summed E-state index contributed by atoms with van der Waals surface area (Å²) in [6, 6.07) is 9.82. The zero-order valence-corrected chi connectivity index (χ0v) is 16.5. The molecule has 0 bridgehead atoms. The Morgan fingerprint density at radius 3 is 2.70 bits per heavy atom. The molecule has 27 heavy (non-hydrogen) atoms. The maximum Gasteiger partial charge on any atom is 0.222 e.